The number of ether oxygens (including phenoxy) is 1. The number of hydrogen-bond donors (Lipinski definition) is 1. The molecule has 0 aromatic carbocycles. The first-order valence-corrected chi connectivity index (χ1v) is 6.60. The Balaban J connectivity index is 2.40. The van der Waals surface area contributed by atoms with Gasteiger partial charge in [0.2, 0.25) is 0 Å². The highest BCUT2D eigenvalue weighted by Gasteiger charge is 2.33. The minimum Gasteiger partial charge on any atom is -0.385 e. The fourth-order valence-electron chi connectivity index (χ4n) is 2.78. The molecule has 16 heavy (non-hydrogen) atoms. The summed E-state index contributed by atoms with van der Waals surface area (Å²) in [5, 5.41) is 3.83. The van der Waals surface area contributed by atoms with Crippen molar-refractivity contribution in [1.29, 1.82) is 0 Å². The summed E-state index contributed by atoms with van der Waals surface area (Å²) in [6, 6.07) is 0.591. The molecule has 0 spiro atoms. The van der Waals surface area contributed by atoms with Gasteiger partial charge in [0.1, 0.15) is 0 Å². The second kappa shape index (κ2) is 7.08. The largest absolute Gasteiger partial charge is 0.385 e. The Morgan fingerprint density at radius 2 is 2.12 bits per heavy atom. The van der Waals surface area contributed by atoms with Crippen molar-refractivity contribution in [3.63, 3.8) is 0 Å². The lowest BCUT2D eigenvalue weighted by atomic mass is 9.92. The minimum absolute atomic E-state index is 0.358. The van der Waals surface area contributed by atoms with Gasteiger partial charge in [0.15, 0.2) is 0 Å². The molecular formula is C14H27NO. The van der Waals surface area contributed by atoms with Crippen molar-refractivity contribution in [2.45, 2.75) is 63.5 Å². The van der Waals surface area contributed by atoms with Crippen molar-refractivity contribution in [1.82, 2.24) is 5.32 Å². The maximum atomic E-state index is 5.24. The summed E-state index contributed by atoms with van der Waals surface area (Å²) in [6.45, 7) is 6.95. The molecule has 0 saturated heterocycles. The van der Waals surface area contributed by atoms with Gasteiger partial charge in [0.05, 0.1) is 0 Å². The van der Waals surface area contributed by atoms with Crippen LogP contribution in [0.5, 0.6) is 0 Å². The predicted octanol–water partition coefficient (Wildman–Crippen LogP) is 3.28. The van der Waals surface area contributed by atoms with Gasteiger partial charge in [0.25, 0.3) is 0 Å². The monoisotopic (exact) mass is 225 g/mol. The smallest absolute Gasteiger partial charge is 0.0479 e. The van der Waals surface area contributed by atoms with E-state index in [1.54, 1.807) is 7.11 Å². The number of nitrogens with one attached hydrogen (secondary N) is 1. The van der Waals surface area contributed by atoms with Crippen LogP contribution in [0.15, 0.2) is 12.7 Å². The maximum absolute atomic E-state index is 5.24. The quantitative estimate of drug-likeness (QED) is 0.640. The molecule has 0 heterocycles. The minimum atomic E-state index is 0.358. The lowest BCUT2D eigenvalue weighted by molar-refractivity contribution is 0.148. The van der Waals surface area contributed by atoms with Gasteiger partial charge in [-0.3, -0.25) is 0 Å². The Morgan fingerprint density at radius 3 is 2.69 bits per heavy atom. The van der Waals surface area contributed by atoms with E-state index in [-0.39, 0.29) is 0 Å². The molecule has 0 radical (unpaired) electrons. The first kappa shape index (κ1) is 13.7. The van der Waals surface area contributed by atoms with Crippen LogP contribution in [0.3, 0.4) is 0 Å². The van der Waals surface area contributed by atoms with E-state index in [4.69, 9.17) is 4.74 Å². The molecule has 0 aromatic heterocycles. The second-order valence-corrected chi connectivity index (χ2v) is 5.14. The summed E-state index contributed by atoms with van der Waals surface area (Å²) in [4.78, 5) is 0. The Labute approximate surface area is 100 Å². The third-order valence-electron chi connectivity index (χ3n) is 3.70. The Hall–Kier alpha value is -0.340. The van der Waals surface area contributed by atoms with E-state index in [1.165, 1.54) is 32.1 Å². The van der Waals surface area contributed by atoms with Gasteiger partial charge in [-0.25, -0.2) is 0 Å². The molecule has 2 heteroatoms. The van der Waals surface area contributed by atoms with Gasteiger partial charge in [0, 0.05) is 25.3 Å². The van der Waals surface area contributed by atoms with Crippen LogP contribution in [0.1, 0.15) is 51.9 Å². The van der Waals surface area contributed by atoms with Crippen LogP contribution in [-0.4, -0.2) is 25.3 Å². The molecule has 0 aromatic rings. The van der Waals surface area contributed by atoms with Crippen molar-refractivity contribution in [2.24, 2.45) is 0 Å². The standard InChI is InChI=1S/C14H27NO/c1-4-5-8-13(2)15-14(11-12-16-3)9-6-7-10-14/h4,13,15H,1,5-12H2,2-3H3. The van der Waals surface area contributed by atoms with E-state index in [0.29, 0.717) is 11.6 Å². The third-order valence-corrected chi connectivity index (χ3v) is 3.70. The summed E-state index contributed by atoms with van der Waals surface area (Å²) in [7, 11) is 1.80. The lowest BCUT2D eigenvalue weighted by Gasteiger charge is -2.33. The first-order valence-electron chi connectivity index (χ1n) is 6.60. The molecule has 0 bridgehead atoms. The molecule has 1 aliphatic rings. The normalized spacial score (nSPS) is 20.9. The zero-order chi connectivity index (χ0) is 11.9. The molecule has 0 amide bonds. The molecule has 0 aliphatic heterocycles. The zero-order valence-electron chi connectivity index (χ0n) is 10.9. The molecule has 1 rings (SSSR count). The van der Waals surface area contributed by atoms with Gasteiger partial charge >= 0.3 is 0 Å². The molecule has 1 unspecified atom stereocenters. The van der Waals surface area contributed by atoms with Crippen molar-refractivity contribution >= 4 is 0 Å². The van der Waals surface area contributed by atoms with Crippen LogP contribution in [0, 0.1) is 0 Å². The number of methoxy groups -OCH3 is 1. The van der Waals surface area contributed by atoms with Crippen LogP contribution in [0.2, 0.25) is 0 Å². The van der Waals surface area contributed by atoms with Gasteiger partial charge in [-0.2, -0.15) is 0 Å². The number of hydrogen-bond acceptors (Lipinski definition) is 2. The third kappa shape index (κ3) is 4.26. The number of rotatable bonds is 8. The van der Waals surface area contributed by atoms with Gasteiger partial charge in [-0.15, -0.1) is 6.58 Å². The van der Waals surface area contributed by atoms with E-state index in [1.807, 2.05) is 6.08 Å². The lowest BCUT2D eigenvalue weighted by Crippen LogP contribution is -2.48. The summed E-state index contributed by atoms with van der Waals surface area (Å²) in [5.74, 6) is 0. The predicted molar refractivity (Wildman–Crippen MR) is 69.7 cm³/mol. The molecule has 94 valence electrons. The Morgan fingerprint density at radius 1 is 1.44 bits per heavy atom. The van der Waals surface area contributed by atoms with Crippen molar-refractivity contribution in [3.05, 3.63) is 12.7 Å². The highest BCUT2D eigenvalue weighted by Crippen LogP contribution is 2.33. The van der Waals surface area contributed by atoms with Crippen molar-refractivity contribution in [3.8, 4) is 0 Å². The average molecular weight is 225 g/mol. The maximum Gasteiger partial charge on any atom is 0.0479 e. The molecular weight excluding hydrogens is 198 g/mol. The average Bonchev–Trinajstić information content (AvgIpc) is 2.72. The summed E-state index contributed by atoms with van der Waals surface area (Å²) in [6.07, 6.45) is 10.8. The van der Waals surface area contributed by atoms with Crippen LogP contribution in [-0.2, 0) is 4.74 Å². The fraction of sp³-hybridized carbons (Fsp3) is 0.857. The first-order chi connectivity index (χ1) is 7.72. The topological polar surface area (TPSA) is 21.3 Å². The van der Waals surface area contributed by atoms with Crippen LogP contribution in [0.4, 0.5) is 0 Å². The van der Waals surface area contributed by atoms with Gasteiger partial charge in [-0.1, -0.05) is 18.9 Å². The summed E-state index contributed by atoms with van der Waals surface area (Å²) < 4.78 is 5.24. The van der Waals surface area contributed by atoms with E-state index in [9.17, 15) is 0 Å². The molecule has 1 saturated carbocycles. The van der Waals surface area contributed by atoms with Crippen LogP contribution < -0.4 is 5.32 Å². The van der Waals surface area contributed by atoms with E-state index in [2.05, 4.69) is 18.8 Å². The van der Waals surface area contributed by atoms with E-state index < -0.39 is 0 Å². The highest BCUT2D eigenvalue weighted by molar-refractivity contribution is 4.94. The molecule has 1 N–H and O–H groups in total. The van der Waals surface area contributed by atoms with Gasteiger partial charge < -0.3 is 10.1 Å². The van der Waals surface area contributed by atoms with Gasteiger partial charge in [-0.05, 0) is 39.0 Å². The van der Waals surface area contributed by atoms with Crippen molar-refractivity contribution in [2.75, 3.05) is 13.7 Å². The van der Waals surface area contributed by atoms with E-state index >= 15 is 0 Å². The molecule has 1 aliphatic carbocycles. The van der Waals surface area contributed by atoms with Crippen LogP contribution >= 0.6 is 0 Å². The Kier molecular flexibility index (Phi) is 6.07. The molecule has 1 fully saturated rings. The fourth-order valence-corrected chi connectivity index (χ4v) is 2.78. The van der Waals surface area contributed by atoms with Crippen LogP contribution in [0.25, 0.3) is 0 Å². The SMILES string of the molecule is C=CCCC(C)NC1(CCOC)CCCC1. The summed E-state index contributed by atoms with van der Waals surface area (Å²) in [5.41, 5.74) is 0.358. The highest BCUT2D eigenvalue weighted by atomic mass is 16.5. The molecule has 1 atom stereocenters. The van der Waals surface area contributed by atoms with E-state index in [0.717, 1.165) is 19.4 Å². The summed E-state index contributed by atoms with van der Waals surface area (Å²) >= 11 is 0. The second-order valence-electron chi connectivity index (χ2n) is 5.14. The Bertz CT molecular complexity index is 197. The molecule has 2 nitrogen and oxygen atoms in total. The zero-order valence-corrected chi connectivity index (χ0v) is 10.9. The number of allylic oxidation sites excluding steroid dienone is 1. The van der Waals surface area contributed by atoms with Crippen molar-refractivity contribution < 1.29 is 4.74 Å².